The van der Waals surface area contributed by atoms with Crippen molar-refractivity contribution in [2.45, 2.75) is 18.0 Å². The fraction of sp³-hybridized carbons (Fsp3) is 0.172. The maximum absolute atomic E-state index is 14.0. The summed E-state index contributed by atoms with van der Waals surface area (Å²) in [5.74, 6) is 1.55. The van der Waals surface area contributed by atoms with Crippen LogP contribution in [0.25, 0.3) is 21.7 Å². The van der Waals surface area contributed by atoms with Crippen LogP contribution in [0, 0.1) is 0 Å². The maximum Gasteiger partial charge on any atom is 0.255 e. The molecule has 5 nitrogen and oxygen atoms in total. The van der Waals surface area contributed by atoms with Crippen molar-refractivity contribution in [2.75, 3.05) is 25.3 Å². The quantitative estimate of drug-likeness (QED) is 0.245. The Morgan fingerprint density at radius 1 is 0.914 bits per heavy atom. The predicted molar refractivity (Wildman–Crippen MR) is 144 cm³/mol. The highest BCUT2D eigenvalue weighted by molar-refractivity contribution is 7.98. The average molecular weight is 482 g/mol. The molecule has 0 saturated heterocycles. The third-order valence-electron chi connectivity index (χ3n) is 6.10. The standard InChI is InChI=1S/C29H27N3O2S/c1-31(2)28-22(16-21-13-14-24(35-3)17-27(21)30-28)18-32(19-23-10-7-15-34-23)29(33)26-12-6-9-20-8-4-5-11-25(20)26/h4-17H,18-19H2,1-3H3. The van der Waals surface area contributed by atoms with Crippen LogP contribution in [0.4, 0.5) is 5.82 Å². The minimum Gasteiger partial charge on any atom is -0.467 e. The number of pyridine rings is 1. The molecule has 0 aliphatic carbocycles. The largest absolute Gasteiger partial charge is 0.467 e. The normalized spacial score (nSPS) is 11.2. The predicted octanol–water partition coefficient (Wildman–Crippen LogP) is 6.61. The molecule has 3 aromatic carbocycles. The summed E-state index contributed by atoms with van der Waals surface area (Å²) in [6, 6.07) is 26.1. The van der Waals surface area contributed by atoms with Gasteiger partial charge in [-0.05, 0) is 53.4 Å². The van der Waals surface area contributed by atoms with Crippen molar-refractivity contribution >= 4 is 45.2 Å². The smallest absolute Gasteiger partial charge is 0.255 e. The van der Waals surface area contributed by atoms with E-state index in [9.17, 15) is 4.79 Å². The summed E-state index contributed by atoms with van der Waals surface area (Å²) in [4.78, 5) is 24.0. The molecule has 0 aliphatic rings. The Kier molecular flexibility index (Phi) is 6.47. The lowest BCUT2D eigenvalue weighted by Gasteiger charge is -2.25. The van der Waals surface area contributed by atoms with Gasteiger partial charge >= 0.3 is 0 Å². The van der Waals surface area contributed by atoms with Crippen LogP contribution in [0.2, 0.25) is 0 Å². The monoisotopic (exact) mass is 481 g/mol. The van der Waals surface area contributed by atoms with E-state index >= 15 is 0 Å². The zero-order chi connectivity index (χ0) is 24.4. The number of benzene rings is 3. The highest BCUT2D eigenvalue weighted by Gasteiger charge is 2.22. The number of thioether (sulfide) groups is 1. The fourth-order valence-electron chi connectivity index (χ4n) is 4.39. The van der Waals surface area contributed by atoms with Crippen molar-refractivity contribution in [3.05, 3.63) is 102 Å². The van der Waals surface area contributed by atoms with Gasteiger partial charge in [0.05, 0.1) is 24.9 Å². The molecule has 0 fully saturated rings. The Morgan fingerprint density at radius 3 is 2.51 bits per heavy atom. The maximum atomic E-state index is 14.0. The molecule has 6 heteroatoms. The van der Waals surface area contributed by atoms with E-state index in [-0.39, 0.29) is 5.91 Å². The minimum absolute atomic E-state index is 0.0410. The Bertz CT molecular complexity index is 1490. The van der Waals surface area contributed by atoms with Crippen molar-refractivity contribution < 1.29 is 9.21 Å². The fourth-order valence-corrected chi connectivity index (χ4v) is 4.82. The molecule has 0 N–H and O–H groups in total. The summed E-state index contributed by atoms with van der Waals surface area (Å²) in [7, 11) is 3.97. The SMILES string of the molecule is CSc1ccc2cc(CN(Cc3ccco3)C(=O)c3cccc4ccccc34)c(N(C)C)nc2c1. The van der Waals surface area contributed by atoms with Crippen molar-refractivity contribution in [1.82, 2.24) is 9.88 Å². The number of furan rings is 1. The first kappa shape index (κ1) is 23.0. The second-order valence-electron chi connectivity index (χ2n) is 8.69. The van der Waals surface area contributed by atoms with E-state index in [0.717, 1.165) is 38.8 Å². The van der Waals surface area contributed by atoms with E-state index in [1.165, 1.54) is 4.90 Å². The van der Waals surface area contributed by atoms with Gasteiger partial charge in [-0.15, -0.1) is 11.8 Å². The Hall–Kier alpha value is -3.77. The highest BCUT2D eigenvalue weighted by atomic mass is 32.2. The number of anilines is 1. The molecule has 0 radical (unpaired) electrons. The van der Waals surface area contributed by atoms with Crippen molar-refractivity contribution in [2.24, 2.45) is 0 Å². The van der Waals surface area contributed by atoms with Crippen LogP contribution in [0.3, 0.4) is 0 Å². The van der Waals surface area contributed by atoms with Gasteiger partial charge in [0.1, 0.15) is 11.6 Å². The topological polar surface area (TPSA) is 49.6 Å². The van der Waals surface area contributed by atoms with Crippen LogP contribution in [-0.4, -0.2) is 36.1 Å². The Morgan fingerprint density at radius 2 is 1.74 bits per heavy atom. The molecule has 5 aromatic rings. The van der Waals surface area contributed by atoms with Crippen LogP contribution in [0.1, 0.15) is 21.7 Å². The van der Waals surface area contributed by atoms with Crippen LogP contribution >= 0.6 is 11.8 Å². The average Bonchev–Trinajstić information content (AvgIpc) is 3.40. The first-order chi connectivity index (χ1) is 17.0. The van der Waals surface area contributed by atoms with Crippen LogP contribution in [0.15, 0.2) is 94.4 Å². The summed E-state index contributed by atoms with van der Waals surface area (Å²) in [6.45, 7) is 0.773. The minimum atomic E-state index is -0.0410. The lowest BCUT2D eigenvalue weighted by molar-refractivity contribution is 0.0720. The highest BCUT2D eigenvalue weighted by Crippen LogP contribution is 2.29. The number of hydrogen-bond donors (Lipinski definition) is 0. The number of aromatic nitrogens is 1. The molecular formula is C29H27N3O2S. The van der Waals surface area contributed by atoms with Crippen LogP contribution < -0.4 is 4.90 Å². The molecule has 176 valence electrons. The van der Waals surface area contributed by atoms with Crippen LogP contribution in [0.5, 0.6) is 0 Å². The zero-order valence-corrected chi connectivity index (χ0v) is 20.9. The molecule has 35 heavy (non-hydrogen) atoms. The summed E-state index contributed by atoms with van der Waals surface area (Å²) in [5.41, 5.74) is 2.61. The molecule has 0 unspecified atom stereocenters. The number of carbonyl (C=O) groups is 1. The molecule has 1 amide bonds. The zero-order valence-electron chi connectivity index (χ0n) is 20.1. The van der Waals surface area contributed by atoms with Gasteiger partial charge in [-0.1, -0.05) is 42.5 Å². The third kappa shape index (κ3) is 4.75. The van der Waals surface area contributed by atoms with Gasteiger partial charge < -0.3 is 14.2 Å². The van der Waals surface area contributed by atoms with Crippen LogP contribution in [-0.2, 0) is 13.1 Å². The summed E-state index contributed by atoms with van der Waals surface area (Å²) in [6.07, 6.45) is 3.70. The third-order valence-corrected chi connectivity index (χ3v) is 6.83. The number of hydrogen-bond acceptors (Lipinski definition) is 5. The lowest BCUT2D eigenvalue weighted by atomic mass is 10.0. The van der Waals surface area contributed by atoms with Gasteiger partial charge in [-0.3, -0.25) is 4.79 Å². The first-order valence-electron chi connectivity index (χ1n) is 11.5. The second-order valence-corrected chi connectivity index (χ2v) is 9.57. The molecule has 0 spiro atoms. The number of carbonyl (C=O) groups excluding carboxylic acids is 1. The van der Waals surface area contributed by atoms with Gasteiger partial charge in [0.15, 0.2) is 0 Å². The van der Waals surface area contributed by atoms with Crippen molar-refractivity contribution in [1.29, 1.82) is 0 Å². The van der Waals surface area contributed by atoms with Crippen molar-refractivity contribution in [3.63, 3.8) is 0 Å². The van der Waals surface area contributed by atoms with Gasteiger partial charge in [-0.2, -0.15) is 0 Å². The molecule has 5 rings (SSSR count). The molecule has 2 aromatic heterocycles. The molecule has 0 atom stereocenters. The van der Waals surface area contributed by atoms with E-state index < -0.39 is 0 Å². The summed E-state index contributed by atoms with van der Waals surface area (Å²) < 4.78 is 5.63. The van der Waals surface area contributed by atoms with E-state index in [4.69, 9.17) is 9.40 Å². The first-order valence-corrected chi connectivity index (χ1v) is 12.7. The number of amides is 1. The van der Waals surface area contributed by atoms with Gasteiger partial charge in [0.2, 0.25) is 0 Å². The Balaban J connectivity index is 1.58. The molecular weight excluding hydrogens is 454 g/mol. The van der Waals surface area contributed by atoms with Gasteiger partial charge in [0.25, 0.3) is 5.91 Å². The summed E-state index contributed by atoms with van der Waals surface area (Å²) >= 11 is 1.70. The number of fused-ring (bicyclic) bond motifs is 2. The van der Waals surface area contributed by atoms with E-state index in [1.807, 2.05) is 78.5 Å². The van der Waals surface area contributed by atoms with Gasteiger partial charge in [0, 0.05) is 35.5 Å². The molecule has 0 bridgehead atoms. The molecule has 2 heterocycles. The van der Waals surface area contributed by atoms with E-state index in [1.54, 1.807) is 18.0 Å². The number of rotatable bonds is 7. The number of nitrogens with zero attached hydrogens (tertiary/aromatic N) is 3. The lowest BCUT2D eigenvalue weighted by Crippen LogP contribution is -2.31. The Labute approximate surface area is 209 Å². The van der Waals surface area contributed by atoms with Gasteiger partial charge in [-0.25, -0.2) is 4.98 Å². The second kappa shape index (κ2) is 9.84. The van der Waals surface area contributed by atoms with E-state index in [0.29, 0.717) is 18.7 Å². The molecule has 0 saturated carbocycles. The van der Waals surface area contributed by atoms with E-state index in [2.05, 4.69) is 30.5 Å². The summed E-state index contributed by atoms with van der Waals surface area (Å²) in [5, 5.41) is 3.04. The van der Waals surface area contributed by atoms with Crippen molar-refractivity contribution in [3.8, 4) is 0 Å². The molecule has 0 aliphatic heterocycles.